The molecule has 2 heteroatoms. The fourth-order valence-corrected chi connectivity index (χ4v) is 0.426. The van der Waals surface area contributed by atoms with Gasteiger partial charge in [0.25, 0.3) is 0 Å². The van der Waals surface area contributed by atoms with Crippen molar-refractivity contribution in [2.45, 2.75) is 33.1 Å². The summed E-state index contributed by atoms with van der Waals surface area (Å²) in [6.07, 6.45) is 2.94. The van der Waals surface area contributed by atoms with E-state index in [0.717, 1.165) is 19.3 Å². The summed E-state index contributed by atoms with van der Waals surface area (Å²) in [6.45, 7) is 3.72. The monoisotopic (exact) mass is 124 g/mol. The maximum atomic E-state index is 10.2. The van der Waals surface area contributed by atoms with E-state index in [4.69, 9.17) is 0 Å². The molecule has 0 saturated carbocycles. The van der Waals surface area contributed by atoms with Gasteiger partial charge in [0.1, 0.15) is 5.78 Å². The Morgan fingerprint density at radius 3 is 2.12 bits per heavy atom. The van der Waals surface area contributed by atoms with Gasteiger partial charge in [0.05, 0.1) is 0 Å². The van der Waals surface area contributed by atoms with Gasteiger partial charge < -0.3 is 4.79 Å². The van der Waals surface area contributed by atoms with Crippen LogP contribution in [0.25, 0.3) is 0 Å². The van der Waals surface area contributed by atoms with Crippen LogP contribution in [-0.4, -0.2) is 35.3 Å². The third-order valence-electron chi connectivity index (χ3n) is 0.882. The van der Waals surface area contributed by atoms with Gasteiger partial charge >= 0.3 is 29.6 Å². The summed E-state index contributed by atoms with van der Waals surface area (Å²) in [7, 11) is 0. The Labute approximate surface area is 73.1 Å². The van der Waals surface area contributed by atoms with Gasteiger partial charge in [-0.2, -0.15) is 0 Å². The molecule has 0 N–H and O–H groups in total. The first-order valence-electron chi connectivity index (χ1n) is 2.76. The zero-order chi connectivity index (χ0) is 5.70. The number of unbranched alkanes of at least 4 members (excludes halogenated alkanes) is 1. The fourth-order valence-electron chi connectivity index (χ4n) is 0.426. The van der Waals surface area contributed by atoms with E-state index in [9.17, 15) is 4.79 Å². The standard InChI is InChI=1S/C6H12O.Na.H/c1-3-4-5-6(2)7;;/h3-5H2,1-2H3;;. The molecule has 0 aromatic rings. The fraction of sp³-hybridized carbons (Fsp3) is 0.833. The van der Waals surface area contributed by atoms with Crippen LogP contribution in [0.3, 0.4) is 0 Å². The Balaban J connectivity index is 0. The van der Waals surface area contributed by atoms with Crippen LogP contribution in [0.2, 0.25) is 0 Å². The molecule has 0 fully saturated rings. The molecule has 0 heterocycles. The van der Waals surface area contributed by atoms with Crippen molar-refractivity contribution in [1.82, 2.24) is 0 Å². The molecule has 0 spiro atoms. The molecule has 0 atom stereocenters. The van der Waals surface area contributed by atoms with Crippen LogP contribution in [0.4, 0.5) is 0 Å². The van der Waals surface area contributed by atoms with Crippen LogP contribution in [0.1, 0.15) is 33.1 Å². The van der Waals surface area contributed by atoms with E-state index < -0.39 is 0 Å². The third kappa shape index (κ3) is 9.83. The van der Waals surface area contributed by atoms with Gasteiger partial charge in [-0.3, -0.25) is 0 Å². The normalized spacial score (nSPS) is 7.75. The zero-order valence-electron chi connectivity index (χ0n) is 5.03. The number of Topliss-reactive ketones (excluding diaryl/α,β-unsaturated/α-hetero) is 1. The summed E-state index contributed by atoms with van der Waals surface area (Å²) in [4.78, 5) is 10.2. The van der Waals surface area contributed by atoms with Crippen LogP contribution in [0.5, 0.6) is 0 Å². The molecule has 0 aliphatic carbocycles. The summed E-state index contributed by atoms with van der Waals surface area (Å²) in [5.41, 5.74) is 0. The molecule has 0 saturated heterocycles. The van der Waals surface area contributed by atoms with Crippen molar-refractivity contribution >= 4 is 35.3 Å². The Kier molecular flexibility index (Phi) is 11.0. The number of hydrogen-bond acceptors (Lipinski definition) is 1. The second kappa shape index (κ2) is 7.67. The van der Waals surface area contributed by atoms with Gasteiger partial charge in [0, 0.05) is 6.42 Å². The predicted octanol–water partition coefficient (Wildman–Crippen LogP) is 1.12. The van der Waals surface area contributed by atoms with Crippen molar-refractivity contribution < 1.29 is 4.79 Å². The van der Waals surface area contributed by atoms with Crippen LogP contribution in [-0.2, 0) is 4.79 Å². The molecular formula is C6H13NaO. The molecule has 0 bridgehead atoms. The zero-order valence-corrected chi connectivity index (χ0v) is 5.03. The first kappa shape index (κ1) is 11.5. The van der Waals surface area contributed by atoms with Crippen molar-refractivity contribution in [1.29, 1.82) is 0 Å². The molecule has 44 valence electrons. The van der Waals surface area contributed by atoms with E-state index in [2.05, 4.69) is 6.92 Å². The second-order valence-corrected chi connectivity index (χ2v) is 1.81. The minimum atomic E-state index is 0. The molecule has 1 nitrogen and oxygen atoms in total. The average Bonchev–Trinajstić information content (AvgIpc) is 1.61. The van der Waals surface area contributed by atoms with E-state index in [1.165, 1.54) is 0 Å². The summed E-state index contributed by atoms with van der Waals surface area (Å²) in [5.74, 6) is 0.307. The molecule has 0 aliphatic heterocycles. The first-order chi connectivity index (χ1) is 3.27. The van der Waals surface area contributed by atoms with Crippen molar-refractivity contribution in [2.75, 3.05) is 0 Å². The van der Waals surface area contributed by atoms with Crippen LogP contribution < -0.4 is 0 Å². The molecule has 8 heavy (non-hydrogen) atoms. The second-order valence-electron chi connectivity index (χ2n) is 1.81. The van der Waals surface area contributed by atoms with E-state index in [1.54, 1.807) is 6.92 Å². The Hall–Kier alpha value is 0.670. The molecule has 0 aromatic heterocycles. The van der Waals surface area contributed by atoms with E-state index in [0.29, 0.717) is 5.78 Å². The topological polar surface area (TPSA) is 17.1 Å². The van der Waals surface area contributed by atoms with Gasteiger partial charge in [-0.1, -0.05) is 13.3 Å². The van der Waals surface area contributed by atoms with Gasteiger partial charge in [0.15, 0.2) is 0 Å². The van der Waals surface area contributed by atoms with Gasteiger partial charge in [0.2, 0.25) is 0 Å². The summed E-state index contributed by atoms with van der Waals surface area (Å²) >= 11 is 0. The molecule has 0 aromatic carbocycles. The number of carbonyl (C=O) groups excluding carboxylic acids is 1. The third-order valence-corrected chi connectivity index (χ3v) is 0.882. The van der Waals surface area contributed by atoms with Crippen molar-refractivity contribution in [3.05, 3.63) is 0 Å². The maximum absolute atomic E-state index is 10.2. The van der Waals surface area contributed by atoms with Gasteiger partial charge in [-0.25, -0.2) is 0 Å². The van der Waals surface area contributed by atoms with Crippen molar-refractivity contribution in [2.24, 2.45) is 0 Å². The van der Waals surface area contributed by atoms with E-state index in [-0.39, 0.29) is 29.6 Å². The number of carbonyl (C=O) groups is 1. The minimum absolute atomic E-state index is 0. The Morgan fingerprint density at radius 1 is 1.50 bits per heavy atom. The van der Waals surface area contributed by atoms with Crippen LogP contribution >= 0.6 is 0 Å². The summed E-state index contributed by atoms with van der Waals surface area (Å²) in [5, 5.41) is 0. The average molecular weight is 124 g/mol. The molecular weight excluding hydrogens is 111 g/mol. The molecule has 0 radical (unpaired) electrons. The van der Waals surface area contributed by atoms with Crippen LogP contribution in [0, 0.1) is 0 Å². The molecule has 0 rings (SSSR count). The van der Waals surface area contributed by atoms with E-state index in [1.807, 2.05) is 0 Å². The Bertz CT molecular complexity index is 61.5. The quantitative estimate of drug-likeness (QED) is 0.515. The van der Waals surface area contributed by atoms with Crippen molar-refractivity contribution in [3.63, 3.8) is 0 Å². The predicted molar refractivity (Wildman–Crippen MR) is 37.4 cm³/mol. The molecule has 0 aliphatic rings. The summed E-state index contributed by atoms with van der Waals surface area (Å²) < 4.78 is 0. The summed E-state index contributed by atoms with van der Waals surface area (Å²) in [6, 6.07) is 0. The van der Waals surface area contributed by atoms with E-state index >= 15 is 0 Å². The van der Waals surface area contributed by atoms with Crippen molar-refractivity contribution in [3.8, 4) is 0 Å². The Morgan fingerprint density at radius 2 is 2.00 bits per heavy atom. The van der Waals surface area contributed by atoms with Gasteiger partial charge in [-0.05, 0) is 13.3 Å². The van der Waals surface area contributed by atoms with Crippen LogP contribution in [0.15, 0.2) is 0 Å². The molecule has 0 amide bonds. The number of ketones is 1. The molecule has 0 unspecified atom stereocenters. The first-order valence-corrected chi connectivity index (χ1v) is 2.76. The van der Waals surface area contributed by atoms with Gasteiger partial charge in [-0.15, -0.1) is 0 Å². The number of rotatable bonds is 3. The SMILES string of the molecule is CCCCC(C)=O.[NaH]. The number of hydrogen-bond donors (Lipinski definition) is 0.